The molecule has 0 N–H and O–H groups in total. The highest BCUT2D eigenvalue weighted by Gasteiger charge is 2.85. The normalized spacial score (nSPS) is 35.8. The van der Waals surface area contributed by atoms with Crippen LogP contribution in [0.5, 0.6) is 0 Å². The van der Waals surface area contributed by atoms with Crippen molar-refractivity contribution in [1.29, 1.82) is 0 Å². The summed E-state index contributed by atoms with van der Waals surface area (Å²) < 4.78 is 11.7. The molecule has 3 rings (SSSR count). The Labute approximate surface area is 132 Å². The van der Waals surface area contributed by atoms with Crippen LogP contribution in [0.15, 0.2) is 0 Å². The lowest BCUT2D eigenvalue weighted by Gasteiger charge is -2.49. The van der Waals surface area contributed by atoms with E-state index in [1.54, 1.807) is 13.8 Å². The smallest absolute Gasteiger partial charge is 0.309 e. The molecule has 10 heteroatoms. The topological polar surface area (TPSA) is 99.7 Å². The molecule has 0 radical (unpaired) electrons. The van der Waals surface area contributed by atoms with E-state index < -0.39 is 41.2 Å². The molecular formula is C13H18N4O6. The molecule has 3 aliphatic rings. The molecule has 0 aromatic rings. The van der Waals surface area contributed by atoms with Crippen molar-refractivity contribution in [3.05, 3.63) is 0 Å². The van der Waals surface area contributed by atoms with E-state index in [0.717, 1.165) is 26.5 Å². The van der Waals surface area contributed by atoms with Gasteiger partial charge in [-0.3, -0.25) is 24.3 Å². The van der Waals surface area contributed by atoms with E-state index in [4.69, 9.17) is 9.47 Å². The molecule has 0 aliphatic carbocycles. The fourth-order valence-corrected chi connectivity index (χ4v) is 3.54. The van der Waals surface area contributed by atoms with E-state index in [1.165, 1.54) is 21.1 Å². The monoisotopic (exact) mass is 326 g/mol. The molecule has 23 heavy (non-hydrogen) atoms. The van der Waals surface area contributed by atoms with Crippen molar-refractivity contribution < 1.29 is 28.7 Å². The van der Waals surface area contributed by atoms with Crippen molar-refractivity contribution in [3.8, 4) is 0 Å². The predicted molar refractivity (Wildman–Crippen MR) is 73.3 cm³/mol. The van der Waals surface area contributed by atoms with Crippen LogP contribution in [0.2, 0.25) is 0 Å². The van der Waals surface area contributed by atoms with Crippen molar-refractivity contribution in [2.45, 2.75) is 38.1 Å². The molecular weight excluding hydrogens is 308 g/mol. The zero-order valence-corrected chi connectivity index (χ0v) is 13.7. The number of hydrogen-bond acceptors (Lipinski definition) is 6. The van der Waals surface area contributed by atoms with Crippen molar-refractivity contribution in [2.75, 3.05) is 21.1 Å². The predicted octanol–water partition coefficient (Wildman–Crippen LogP) is -0.443. The van der Waals surface area contributed by atoms with Crippen molar-refractivity contribution in [3.63, 3.8) is 0 Å². The molecule has 2 unspecified atom stereocenters. The standard InChI is InChI=1S/C13H18N4O6/c1-7(18)17-10(21)15(5)12-8(19)14(4)9(20)16(6)13(12,17)23-11(2,3)22-12/h1-6H3. The maximum Gasteiger partial charge on any atom is 0.333 e. The number of carbonyl (C=O) groups excluding carboxylic acids is 4. The Morgan fingerprint density at radius 3 is 2.04 bits per heavy atom. The van der Waals surface area contributed by atoms with Gasteiger partial charge in [0.05, 0.1) is 0 Å². The highest BCUT2D eigenvalue weighted by atomic mass is 16.8. The van der Waals surface area contributed by atoms with Crippen LogP contribution in [0, 0.1) is 0 Å². The van der Waals surface area contributed by atoms with E-state index >= 15 is 0 Å². The van der Waals surface area contributed by atoms with Gasteiger partial charge in [0.25, 0.3) is 17.5 Å². The van der Waals surface area contributed by atoms with Gasteiger partial charge in [-0.1, -0.05) is 0 Å². The lowest BCUT2D eigenvalue weighted by atomic mass is 10.0. The number of hydrogen-bond donors (Lipinski definition) is 0. The van der Waals surface area contributed by atoms with Gasteiger partial charge in [-0.2, -0.15) is 0 Å². The lowest BCUT2D eigenvalue weighted by molar-refractivity contribution is -0.236. The van der Waals surface area contributed by atoms with Crippen LogP contribution < -0.4 is 0 Å². The van der Waals surface area contributed by atoms with Crippen molar-refractivity contribution >= 4 is 23.9 Å². The maximum atomic E-state index is 12.9. The summed E-state index contributed by atoms with van der Waals surface area (Å²) in [5, 5.41) is 0. The fraction of sp³-hybridized carbons (Fsp3) is 0.692. The summed E-state index contributed by atoms with van der Waals surface area (Å²) in [4.78, 5) is 53.7. The number of amides is 6. The fourth-order valence-electron chi connectivity index (χ4n) is 3.54. The van der Waals surface area contributed by atoms with Crippen LogP contribution in [-0.2, 0) is 19.1 Å². The zero-order valence-electron chi connectivity index (χ0n) is 13.7. The number of urea groups is 2. The summed E-state index contributed by atoms with van der Waals surface area (Å²) >= 11 is 0. The van der Waals surface area contributed by atoms with Gasteiger partial charge in [-0.15, -0.1) is 0 Å². The Morgan fingerprint density at radius 1 is 0.957 bits per heavy atom. The molecule has 0 aromatic carbocycles. The first-order valence-electron chi connectivity index (χ1n) is 6.99. The van der Waals surface area contributed by atoms with Crippen LogP contribution in [-0.4, -0.2) is 82.0 Å². The summed E-state index contributed by atoms with van der Waals surface area (Å²) in [5.74, 6) is -4.74. The van der Waals surface area contributed by atoms with Gasteiger partial charge in [-0.25, -0.2) is 14.5 Å². The van der Waals surface area contributed by atoms with E-state index in [1.807, 2.05) is 0 Å². The molecule has 0 aromatic heterocycles. The van der Waals surface area contributed by atoms with Crippen LogP contribution in [0.25, 0.3) is 0 Å². The van der Waals surface area contributed by atoms with Gasteiger partial charge in [0, 0.05) is 28.1 Å². The second kappa shape index (κ2) is 4.01. The molecule has 3 heterocycles. The van der Waals surface area contributed by atoms with Crippen molar-refractivity contribution in [1.82, 2.24) is 19.6 Å². The van der Waals surface area contributed by atoms with Gasteiger partial charge < -0.3 is 9.47 Å². The van der Waals surface area contributed by atoms with Crippen LogP contribution in [0.3, 0.4) is 0 Å². The number of rotatable bonds is 0. The largest absolute Gasteiger partial charge is 0.333 e. The molecule has 2 atom stereocenters. The van der Waals surface area contributed by atoms with Gasteiger partial charge in [0.15, 0.2) is 5.79 Å². The third-order valence-electron chi connectivity index (χ3n) is 4.41. The Bertz CT molecular complexity index is 663. The first-order chi connectivity index (χ1) is 10.4. The Balaban J connectivity index is 2.37. The third kappa shape index (κ3) is 1.41. The summed E-state index contributed by atoms with van der Waals surface area (Å²) in [6, 6.07) is -1.49. The molecule has 126 valence electrons. The molecule has 3 fully saturated rings. The van der Waals surface area contributed by atoms with E-state index in [2.05, 4.69) is 0 Å². The first kappa shape index (κ1) is 15.7. The molecule has 10 nitrogen and oxygen atoms in total. The summed E-state index contributed by atoms with van der Waals surface area (Å²) in [5.41, 5.74) is -1.96. The highest BCUT2D eigenvalue weighted by Crippen LogP contribution is 2.56. The molecule has 6 amide bonds. The Kier molecular flexibility index (Phi) is 2.73. The second-order valence-electron chi connectivity index (χ2n) is 6.26. The number of likely N-dealkylation sites (N-methyl/N-ethyl adjacent to an activating group) is 3. The van der Waals surface area contributed by atoms with Crippen LogP contribution in [0.4, 0.5) is 9.59 Å². The van der Waals surface area contributed by atoms with Gasteiger partial charge in [-0.05, 0) is 13.8 Å². The minimum atomic E-state index is -1.99. The quantitative estimate of drug-likeness (QED) is 0.598. The van der Waals surface area contributed by atoms with Gasteiger partial charge >= 0.3 is 12.1 Å². The van der Waals surface area contributed by atoms with Crippen LogP contribution in [0.1, 0.15) is 20.8 Å². The number of nitrogens with zero attached hydrogens (tertiary/aromatic N) is 4. The number of ether oxygens (including phenoxy) is 2. The summed E-state index contributed by atoms with van der Waals surface area (Å²) in [6.45, 7) is 4.25. The van der Waals surface area contributed by atoms with E-state index in [0.29, 0.717) is 0 Å². The van der Waals surface area contributed by atoms with E-state index in [9.17, 15) is 19.2 Å². The average Bonchev–Trinajstić information content (AvgIpc) is 2.80. The Hall–Kier alpha value is -2.20. The molecule has 0 bridgehead atoms. The highest BCUT2D eigenvalue weighted by molar-refractivity contribution is 6.09. The molecule has 0 spiro atoms. The SMILES string of the molecule is CC(=O)N1C(=O)N(C)C23OC(C)(C)OC12N(C)C(=O)N(C)C3=O. The van der Waals surface area contributed by atoms with Crippen molar-refractivity contribution in [2.24, 2.45) is 0 Å². The molecule has 3 aliphatic heterocycles. The Morgan fingerprint density at radius 2 is 1.52 bits per heavy atom. The number of imide groups is 2. The minimum absolute atomic E-state index is 0.665. The van der Waals surface area contributed by atoms with E-state index in [-0.39, 0.29) is 0 Å². The number of carbonyl (C=O) groups is 4. The minimum Gasteiger partial charge on any atom is -0.309 e. The first-order valence-corrected chi connectivity index (χ1v) is 6.99. The third-order valence-corrected chi connectivity index (χ3v) is 4.41. The zero-order chi connectivity index (χ0) is 17.5. The van der Waals surface area contributed by atoms with Gasteiger partial charge in [0.2, 0.25) is 5.91 Å². The molecule has 0 saturated carbocycles. The lowest BCUT2D eigenvalue weighted by Crippen LogP contribution is -2.79. The molecule has 3 saturated heterocycles. The maximum absolute atomic E-state index is 12.9. The van der Waals surface area contributed by atoms with Crippen LogP contribution >= 0.6 is 0 Å². The average molecular weight is 326 g/mol. The van der Waals surface area contributed by atoms with Gasteiger partial charge in [0.1, 0.15) is 0 Å². The summed E-state index contributed by atoms with van der Waals surface area (Å²) in [6.07, 6.45) is 0. The summed E-state index contributed by atoms with van der Waals surface area (Å²) in [7, 11) is 3.97. The second-order valence-corrected chi connectivity index (χ2v) is 6.26.